The Bertz CT molecular complexity index is 653. The van der Waals surface area contributed by atoms with Crippen LogP contribution in [0.15, 0.2) is 47.6 Å². The van der Waals surface area contributed by atoms with Crippen molar-refractivity contribution in [1.29, 1.82) is 0 Å². The molecule has 0 aliphatic carbocycles. The Balaban J connectivity index is 0.00000147. The Labute approximate surface area is 127 Å². The first kappa shape index (κ1) is 14.5. The number of nitrogens with two attached hydrogens (primary N) is 1. The second-order valence-corrected chi connectivity index (χ2v) is 4.50. The lowest BCUT2D eigenvalue weighted by Gasteiger charge is -2.15. The Kier molecular flexibility index (Phi) is 4.36. The monoisotopic (exact) mass is 334 g/mol. The van der Waals surface area contributed by atoms with Crippen molar-refractivity contribution < 1.29 is 4.79 Å². The lowest BCUT2D eigenvalue weighted by molar-refractivity contribution is 0.0924. The predicted molar refractivity (Wildman–Crippen MR) is 84.7 cm³/mol. The first-order chi connectivity index (χ1) is 9.24. The number of hydrogen-bond donors (Lipinski definition) is 1. The maximum atomic E-state index is 12.3. The number of hydrazone groups is 1. The highest BCUT2D eigenvalue weighted by Crippen LogP contribution is 2.19. The zero-order valence-electron chi connectivity index (χ0n) is 10.8. The first-order valence-electron chi connectivity index (χ1n) is 6.05. The summed E-state index contributed by atoms with van der Waals surface area (Å²) in [7, 11) is 0. The summed E-state index contributed by atoms with van der Waals surface area (Å²) in [5.74, 6) is 5.61. The van der Waals surface area contributed by atoms with Crippen LogP contribution >= 0.6 is 17.0 Å². The number of nitrogens with zero attached hydrogens (tertiary/aromatic N) is 3. The minimum Gasteiger partial charge on any atom is -0.292 e. The molecule has 0 saturated heterocycles. The average molecular weight is 335 g/mol. The van der Waals surface area contributed by atoms with Gasteiger partial charge in [0.1, 0.15) is 19.6 Å². The molecule has 0 radical (unpaired) electrons. The number of rotatable bonds is 3. The molecular weight excluding hydrogens is 320 g/mol. The van der Waals surface area contributed by atoms with Crippen LogP contribution in [-0.2, 0) is 0 Å². The molecule has 104 valence electrons. The number of carbonyl (C=O) groups is 1. The molecule has 1 heterocycles. The van der Waals surface area contributed by atoms with E-state index in [2.05, 4.69) is 5.10 Å². The van der Waals surface area contributed by atoms with Crippen LogP contribution in [0.4, 0.5) is 0 Å². The Morgan fingerprint density at radius 3 is 2.70 bits per heavy atom. The van der Waals surface area contributed by atoms with E-state index in [0.29, 0.717) is 6.67 Å². The third-order valence-corrected chi connectivity index (χ3v) is 3.11. The molecule has 3 rings (SSSR count). The van der Waals surface area contributed by atoms with E-state index in [9.17, 15) is 4.79 Å². The fraction of sp³-hybridized carbons (Fsp3) is 0.143. The van der Waals surface area contributed by atoms with Gasteiger partial charge in [0.15, 0.2) is 5.78 Å². The number of ketones is 1. The van der Waals surface area contributed by atoms with Crippen LogP contribution in [0, 0.1) is 0 Å². The van der Waals surface area contributed by atoms with E-state index in [-0.39, 0.29) is 29.3 Å². The van der Waals surface area contributed by atoms with Crippen molar-refractivity contribution in [1.82, 2.24) is 10.0 Å². The second-order valence-electron chi connectivity index (χ2n) is 4.50. The summed E-state index contributed by atoms with van der Waals surface area (Å²) in [4.78, 5) is 12.3. The van der Waals surface area contributed by atoms with Crippen molar-refractivity contribution >= 4 is 39.9 Å². The molecular formula is C14H15BrN4O. The maximum absolute atomic E-state index is 12.3. The molecule has 0 unspecified atom stereocenters. The van der Waals surface area contributed by atoms with Crippen molar-refractivity contribution in [2.45, 2.75) is 0 Å². The number of hydrogen-bond acceptors (Lipinski definition) is 5. The van der Waals surface area contributed by atoms with Gasteiger partial charge in [-0.1, -0.05) is 42.5 Å². The van der Waals surface area contributed by atoms with Crippen LogP contribution < -0.4 is 5.84 Å². The number of fused-ring (bicyclic) bond motifs is 1. The molecule has 0 bridgehead atoms. The van der Waals surface area contributed by atoms with Gasteiger partial charge in [0.05, 0.1) is 0 Å². The molecule has 0 aromatic heterocycles. The summed E-state index contributed by atoms with van der Waals surface area (Å²) in [5.41, 5.74) is 0.726. The van der Waals surface area contributed by atoms with Gasteiger partial charge in [-0.15, -0.1) is 17.0 Å². The minimum absolute atomic E-state index is 0. The third-order valence-electron chi connectivity index (χ3n) is 3.11. The van der Waals surface area contributed by atoms with E-state index < -0.39 is 0 Å². The Hall–Kier alpha value is -1.92. The van der Waals surface area contributed by atoms with Crippen molar-refractivity contribution in [2.24, 2.45) is 10.9 Å². The van der Waals surface area contributed by atoms with Gasteiger partial charge < -0.3 is 0 Å². The molecule has 5 nitrogen and oxygen atoms in total. The highest BCUT2D eigenvalue weighted by molar-refractivity contribution is 8.93. The average Bonchev–Trinajstić information content (AvgIpc) is 2.83. The molecule has 1 aliphatic rings. The van der Waals surface area contributed by atoms with E-state index in [1.54, 1.807) is 5.01 Å². The fourth-order valence-corrected chi connectivity index (χ4v) is 2.21. The topological polar surface area (TPSA) is 61.9 Å². The van der Waals surface area contributed by atoms with Crippen LogP contribution in [0.3, 0.4) is 0 Å². The van der Waals surface area contributed by atoms with E-state index in [4.69, 9.17) is 5.84 Å². The largest absolute Gasteiger partial charge is 0.292 e. The summed E-state index contributed by atoms with van der Waals surface area (Å²) in [6.45, 7) is 0.675. The van der Waals surface area contributed by atoms with Crippen LogP contribution in [0.25, 0.3) is 10.8 Å². The molecule has 20 heavy (non-hydrogen) atoms. The molecule has 0 saturated carbocycles. The predicted octanol–water partition coefficient (Wildman–Crippen LogP) is 1.99. The van der Waals surface area contributed by atoms with Gasteiger partial charge in [-0.05, 0) is 10.8 Å². The lowest BCUT2D eigenvalue weighted by atomic mass is 10.0. The first-order valence-corrected chi connectivity index (χ1v) is 6.05. The van der Waals surface area contributed by atoms with Crippen molar-refractivity contribution in [2.75, 3.05) is 13.2 Å². The summed E-state index contributed by atoms with van der Waals surface area (Å²) in [6.07, 6.45) is 1.51. The number of hydrazine groups is 1. The van der Waals surface area contributed by atoms with Crippen LogP contribution in [0.5, 0.6) is 0 Å². The van der Waals surface area contributed by atoms with Gasteiger partial charge in [-0.2, -0.15) is 5.10 Å². The van der Waals surface area contributed by atoms with Crippen LogP contribution in [0.2, 0.25) is 0 Å². The summed E-state index contributed by atoms with van der Waals surface area (Å²) >= 11 is 0. The molecule has 6 heteroatoms. The van der Waals surface area contributed by atoms with Gasteiger partial charge in [0.2, 0.25) is 0 Å². The standard InChI is InChI=1S/C14H14N4O.BrH/c15-17-9-16-18(10-17)8-14(19)13-7-3-5-11-4-1-2-6-12(11)13;/h1-7,9H,8,10,15H2;1H. The van der Waals surface area contributed by atoms with Gasteiger partial charge in [-0.3, -0.25) is 14.8 Å². The Morgan fingerprint density at radius 1 is 1.20 bits per heavy atom. The Morgan fingerprint density at radius 2 is 1.95 bits per heavy atom. The SMILES string of the molecule is Br.NN1C=NN(CC(=O)c2cccc3ccccc23)C1. The summed E-state index contributed by atoms with van der Waals surface area (Å²) in [6, 6.07) is 13.6. The summed E-state index contributed by atoms with van der Waals surface area (Å²) in [5, 5.41) is 9.18. The lowest BCUT2D eigenvalue weighted by Crippen LogP contribution is -2.34. The molecule has 2 N–H and O–H groups in total. The van der Waals surface area contributed by atoms with Gasteiger partial charge in [0.25, 0.3) is 0 Å². The van der Waals surface area contributed by atoms with Crippen LogP contribution in [-0.4, -0.2) is 35.4 Å². The molecule has 2 aromatic carbocycles. The number of halogens is 1. The van der Waals surface area contributed by atoms with Gasteiger partial charge in [-0.25, -0.2) is 5.84 Å². The molecule has 0 fully saturated rings. The molecule has 0 spiro atoms. The molecule has 2 aromatic rings. The van der Waals surface area contributed by atoms with Crippen molar-refractivity contribution in [3.63, 3.8) is 0 Å². The third kappa shape index (κ3) is 2.81. The normalized spacial score (nSPS) is 13.7. The van der Waals surface area contributed by atoms with E-state index in [1.165, 1.54) is 11.3 Å². The highest BCUT2D eigenvalue weighted by Gasteiger charge is 2.17. The molecule has 0 atom stereocenters. The zero-order chi connectivity index (χ0) is 13.2. The maximum Gasteiger partial charge on any atom is 0.184 e. The van der Waals surface area contributed by atoms with Gasteiger partial charge >= 0.3 is 0 Å². The highest BCUT2D eigenvalue weighted by atomic mass is 79.9. The van der Waals surface area contributed by atoms with E-state index in [0.717, 1.165) is 16.3 Å². The second kappa shape index (κ2) is 6.02. The number of Topliss-reactive ketones (excluding diaryl/α,β-unsaturated/α-hetero) is 1. The van der Waals surface area contributed by atoms with Gasteiger partial charge in [0, 0.05) is 5.56 Å². The molecule has 0 amide bonds. The summed E-state index contributed by atoms with van der Waals surface area (Å²) < 4.78 is 0. The molecule has 1 aliphatic heterocycles. The fourth-order valence-electron chi connectivity index (χ4n) is 2.21. The number of carbonyl (C=O) groups excluding carboxylic acids is 1. The van der Waals surface area contributed by atoms with E-state index in [1.807, 2.05) is 42.5 Å². The van der Waals surface area contributed by atoms with Crippen molar-refractivity contribution in [3.05, 3.63) is 48.0 Å². The van der Waals surface area contributed by atoms with E-state index >= 15 is 0 Å². The quantitative estimate of drug-likeness (QED) is 0.688. The van der Waals surface area contributed by atoms with Crippen LogP contribution in [0.1, 0.15) is 10.4 Å². The van der Waals surface area contributed by atoms with Crippen molar-refractivity contribution in [3.8, 4) is 0 Å². The zero-order valence-corrected chi connectivity index (χ0v) is 12.5. The smallest absolute Gasteiger partial charge is 0.184 e. The number of benzene rings is 2. The minimum atomic E-state index is 0.